The van der Waals surface area contributed by atoms with E-state index in [0.717, 1.165) is 41.5 Å². The van der Waals surface area contributed by atoms with Gasteiger partial charge in [0.05, 0.1) is 12.3 Å². The van der Waals surface area contributed by atoms with Gasteiger partial charge in [-0.1, -0.05) is 54.6 Å². The third-order valence-corrected chi connectivity index (χ3v) is 4.95. The highest BCUT2D eigenvalue weighted by Gasteiger charge is 2.09. The molecule has 0 fully saturated rings. The van der Waals surface area contributed by atoms with Gasteiger partial charge in [-0.2, -0.15) is 0 Å². The van der Waals surface area contributed by atoms with E-state index in [-0.39, 0.29) is 12.5 Å². The maximum Gasteiger partial charge on any atom is 0.409 e. The maximum atomic E-state index is 12.1. The summed E-state index contributed by atoms with van der Waals surface area (Å²) in [7, 11) is 0. The minimum Gasteiger partial charge on any atom is -0.465 e. The van der Waals surface area contributed by atoms with Gasteiger partial charge < -0.3 is 15.5 Å². The molecule has 3 aromatic carbocycles. The number of aliphatic hydroxyl groups excluding tert-OH is 1. The fourth-order valence-corrected chi connectivity index (χ4v) is 3.37. The van der Waals surface area contributed by atoms with Gasteiger partial charge >= 0.3 is 6.09 Å². The van der Waals surface area contributed by atoms with E-state index in [2.05, 4.69) is 10.6 Å². The summed E-state index contributed by atoms with van der Waals surface area (Å²) in [6.07, 6.45) is 1.60. The van der Waals surface area contributed by atoms with E-state index in [1.807, 2.05) is 48.5 Å². The molecule has 0 spiro atoms. The Labute approximate surface area is 181 Å². The molecule has 0 bridgehead atoms. The first kappa shape index (κ1) is 22.1. The van der Waals surface area contributed by atoms with Crippen molar-refractivity contribution in [1.29, 1.82) is 0 Å². The monoisotopic (exact) mass is 418 g/mol. The van der Waals surface area contributed by atoms with Gasteiger partial charge in [-0.25, -0.2) is 4.79 Å². The van der Waals surface area contributed by atoms with Crippen molar-refractivity contribution in [2.24, 2.45) is 0 Å². The van der Waals surface area contributed by atoms with Crippen LogP contribution in [0.4, 0.5) is 16.2 Å². The molecule has 2 amide bonds. The topological polar surface area (TPSA) is 98.7 Å². The highest BCUT2D eigenvalue weighted by Crippen LogP contribution is 2.29. The van der Waals surface area contributed by atoms with Crippen LogP contribution in [0.5, 0.6) is 0 Å². The number of carboxylic acid groups (broad SMARTS) is 1. The van der Waals surface area contributed by atoms with Crippen LogP contribution in [-0.4, -0.2) is 22.2 Å². The maximum absolute atomic E-state index is 12.1. The Hall–Kier alpha value is -3.64. The molecule has 4 N–H and O–H groups in total. The van der Waals surface area contributed by atoms with Crippen LogP contribution in [0.15, 0.2) is 72.8 Å². The minimum atomic E-state index is -1.10. The van der Waals surface area contributed by atoms with Crippen LogP contribution < -0.4 is 10.6 Å². The lowest BCUT2D eigenvalue weighted by molar-refractivity contribution is -0.116. The van der Waals surface area contributed by atoms with Crippen molar-refractivity contribution in [1.82, 2.24) is 0 Å². The standard InChI is InChI=1S/C25H26N2O4/c28-17-19-10-13-21(14-11-19)26-24(29)9-5-4-6-18-12-15-22(20-7-2-1-3-8-20)23(16-18)27-25(30)31/h1-3,7-8,10-16,27-28H,4-6,9,17H2,(H,26,29)(H,30,31). The molecule has 0 atom stereocenters. The van der Waals surface area contributed by atoms with E-state index in [1.165, 1.54) is 0 Å². The first-order valence-corrected chi connectivity index (χ1v) is 10.2. The number of hydrogen-bond donors (Lipinski definition) is 4. The van der Waals surface area contributed by atoms with Crippen LogP contribution in [0.1, 0.15) is 30.4 Å². The molecule has 0 aliphatic heterocycles. The summed E-state index contributed by atoms with van der Waals surface area (Å²) >= 11 is 0. The van der Waals surface area contributed by atoms with Gasteiger partial charge in [0.25, 0.3) is 0 Å². The van der Waals surface area contributed by atoms with Crippen molar-refractivity contribution in [3.63, 3.8) is 0 Å². The van der Waals surface area contributed by atoms with Gasteiger partial charge in [-0.3, -0.25) is 10.1 Å². The van der Waals surface area contributed by atoms with Crippen molar-refractivity contribution in [3.05, 3.63) is 83.9 Å². The predicted octanol–water partition coefficient (Wildman–Crippen LogP) is 5.29. The molecule has 0 heterocycles. The van der Waals surface area contributed by atoms with Crippen LogP contribution >= 0.6 is 0 Å². The fraction of sp³-hybridized carbons (Fsp3) is 0.200. The number of hydrogen-bond acceptors (Lipinski definition) is 3. The summed E-state index contributed by atoms with van der Waals surface area (Å²) in [5, 5.41) is 23.6. The van der Waals surface area contributed by atoms with Crippen molar-refractivity contribution >= 4 is 23.4 Å². The van der Waals surface area contributed by atoms with Crippen molar-refractivity contribution in [2.75, 3.05) is 10.6 Å². The number of benzene rings is 3. The molecule has 3 rings (SSSR count). The number of amides is 2. The summed E-state index contributed by atoms with van der Waals surface area (Å²) in [6, 6.07) is 22.5. The third kappa shape index (κ3) is 6.69. The van der Waals surface area contributed by atoms with E-state index in [0.29, 0.717) is 17.8 Å². The van der Waals surface area contributed by atoms with E-state index >= 15 is 0 Å². The zero-order valence-electron chi connectivity index (χ0n) is 17.2. The first-order valence-electron chi connectivity index (χ1n) is 10.2. The Morgan fingerprint density at radius 1 is 0.806 bits per heavy atom. The highest BCUT2D eigenvalue weighted by molar-refractivity contribution is 5.91. The summed E-state index contributed by atoms with van der Waals surface area (Å²) < 4.78 is 0. The lowest BCUT2D eigenvalue weighted by Gasteiger charge is -2.12. The smallest absolute Gasteiger partial charge is 0.409 e. The second-order valence-electron chi connectivity index (χ2n) is 7.29. The minimum absolute atomic E-state index is 0.0236. The van der Waals surface area contributed by atoms with Crippen molar-refractivity contribution < 1.29 is 19.8 Å². The van der Waals surface area contributed by atoms with Gasteiger partial charge in [-0.05, 0) is 54.2 Å². The Bertz CT molecular complexity index is 1020. The molecule has 0 saturated heterocycles. The molecule has 6 nitrogen and oxygen atoms in total. The number of carbonyl (C=O) groups excluding carboxylic acids is 1. The number of nitrogens with one attached hydrogen (secondary N) is 2. The normalized spacial score (nSPS) is 10.5. The molecule has 0 radical (unpaired) electrons. The molecular weight excluding hydrogens is 392 g/mol. The van der Waals surface area contributed by atoms with E-state index in [9.17, 15) is 14.7 Å². The summed E-state index contributed by atoms with van der Waals surface area (Å²) in [6.45, 7) is -0.0236. The third-order valence-electron chi connectivity index (χ3n) is 4.95. The molecule has 3 aromatic rings. The first-order chi connectivity index (χ1) is 15.0. The fourth-order valence-electron chi connectivity index (χ4n) is 3.37. The quantitative estimate of drug-likeness (QED) is 0.355. The summed E-state index contributed by atoms with van der Waals surface area (Å²) in [5.41, 5.74) is 4.86. The Morgan fingerprint density at radius 2 is 1.52 bits per heavy atom. The van der Waals surface area contributed by atoms with Crippen LogP contribution in [0.25, 0.3) is 11.1 Å². The van der Waals surface area contributed by atoms with Crippen molar-refractivity contribution in [3.8, 4) is 11.1 Å². The number of aryl methyl sites for hydroxylation is 1. The van der Waals surface area contributed by atoms with Gasteiger partial charge in [0, 0.05) is 17.7 Å². The zero-order valence-corrected chi connectivity index (χ0v) is 17.2. The van der Waals surface area contributed by atoms with Gasteiger partial charge in [0.1, 0.15) is 0 Å². The zero-order chi connectivity index (χ0) is 22.1. The highest BCUT2D eigenvalue weighted by atomic mass is 16.4. The molecule has 160 valence electrons. The second kappa shape index (κ2) is 10.9. The number of rotatable bonds is 9. The molecule has 6 heteroatoms. The number of carbonyl (C=O) groups is 2. The predicted molar refractivity (Wildman–Crippen MR) is 122 cm³/mol. The van der Waals surface area contributed by atoms with Crippen LogP contribution in [0.2, 0.25) is 0 Å². The van der Waals surface area contributed by atoms with E-state index < -0.39 is 6.09 Å². The number of aliphatic hydroxyl groups is 1. The van der Waals surface area contributed by atoms with Gasteiger partial charge in [0.2, 0.25) is 5.91 Å². The number of unbranched alkanes of at least 4 members (excludes halogenated alkanes) is 1. The molecular formula is C25H26N2O4. The van der Waals surface area contributed by atoms with E-state index in [4.69, 9.17) is 5.11 Å². The Morgan fingerprint density at radius 3 is 2.19 bits per heavy atom. The van der Waals surface area contributed by atoms with Crippen LogP contribution in [0, 0.1) is 0 Å². The Balaban J connectivity index is 1.53. The molecule has 0 unspecified atom stereocenters. The molecule has 31 heavy (non-hydrogen) atoms. The lowest BCUT2D eigenvalue weighted by Crippen LogP contribution is -2.11. The second-order valence-corrected chi connectivity index (χ2v) is 7.29. The molecule has 0 aliphatic carbocycles. The van der Waals surface area contributed by atoms with Crippen LogP contribution in [0.3, 0.4) is 0 Å². The lowest BCUT2D eigenvalue weighted by atomic mass is 9.99. The summed E-state index contributed by atoms with van der Waals surface area (Å²) in [4.78, 5) is 23.3. The molecule has 0 aromatic heterocycles. The average molecular weight is 418 g/mol. The Kier molecular flexibility index (Phi) is 7.79. The van der Waals surface area contributed by atoms with Gasteiger partial charge in [0.15, 0.2) is 0 Å². The van der Waals surface area contributed by atoms with Gasteiger partial charge in [-0.15, -0.1) is 0 Å². The SMILES string of the molecule is O=C(O)Nc1cc(CCCCC(=O)Nc2ccc(CO)cc2)ccc1-c1ccccc1. The van der Waals surface area contributed by atoms with Crippen molar-refractivity contribution in [2.45, 2.75) is 32.3 Å². The largest absolute Gasteiger partial charge is 0.465 e. The van der Waals surface area contributed by atoms with E-state index in [1.54, 1.807) is 24.3 Å². The van der Waals surface area contributed by atoms with Crippen LogP contribution in [-0.2, 0) is 17.8 Å². The molecule has 0 saturated carbocycles. The number of anilines is 2. The molecule has 0 aliphatic rings. The summed E-state index contributed by atoms with van der Waals surface area (Å²) in [5.74, 6) is -0.0515. The average Bonchev–Trinajstić information content (AvgIpc) is 2.77.